The summed E-state index contributed by atoms with van der Waals surface area (Å²) in [6.07, 6.45) is 2.31. The van der Waals surface area contributed by atoms with Gasteiger partial charge in [-0.2, -0.15) is 0 Å². The summed E-state index contributed by atoms with van der Waals surface area (Å²) in [5, 5.41) is 5.96. The summed E-state index contributed by atoms with van der Waals surface area (Å²) in [5.74, 6) is 0. The minimum absolute atomic E-state index is 0.251. The zero-order valence-corrected chi connectivity index (χ0v) is 11.4. The van der Waals surface area contributed by atoms with Crippen LogP contribution in [0.25, 0.3) is 12.2 Å². The number of benzene rings is 1. The van der Waals surface area contributed by atoms with Gasteiger partial charge in [-0.05, 0) is 37.3 Å². The third-order valence-corrected chi connectivity index (χ3v) is 4.71. The lowest BCUT2D eigenvalue weighted by atomic mass is 9.88. The Labute approximate surface area is 104 Å². The molecule has 0 aliphatic heterocycles. The van der Waals surface area contributed by atoms with Gasteiger partial charge in [0.25, 0.3) is 0 Å². The zero-order valence-electron chi connectivity index (χ0n) is 11.4. The molecule has 0 aromatic heterocycles. The van der Waals surface area contributed by atoms with Crippen LogP contribution in [0, 0.1) is 5.41 Å². The Hall–Kier alpha value is -1.08. The van der Waals surface area contributed by atoms with Crippen molar-refractivity contribution in [1.82, 2.24) is 5.32 Å². The molecule has 2 atom stereocenters. The maximum Gasteiger partial charge on any atom is 0.0251 e. The second kappa shape index (κ2) is 3.99. The fourth-order valence-electron chi connectivity index (χ4n) is 3.16. The highest BCUT2D eigenvalue weighted by atomic mass is 15.0. The molecule has 1 heteroatoms. The van der Waals surface area contributed by atoms with E-state index in [2.05, 4.69) is 64.0 Å². The first-order chi connectivity index (χ1) is 7.98. The normalized spacial score (nSPS) is 33.4. The second-order valence-corrected chi connectivity index (χ2v) is 5.58. The number of hydrogen-bond donors (Lipinski definition) is 1. The number of hydrogen-bond acceptors (Lipinski definition) is 1. The Balaban J connectivity index is 2.62. The topological polar surface area (TPSA) is 12.0 Å². The van der Waals surface area contributed by atoms with Crippen LogP contribution in [0.3, 0.4) is 0 Å². The smallest absolute Gasteiger partial charge is 0.0251 e. The Morgan fingerprint density at radius 3 is 2.47 bits per heavy atom. The summed E-state index contributed by atoms with van der Waals surface area (Å²) >= 11 is 0. The highest BCUT2D eigenvalue weighted by Gasteiger charge is 2.61. The monoisotopic (exact) mass is 229 g/mol. The van der Waals surface area contributed by atoms with Crippen LogP contribution in [0.5, 0.6) is 0 Å². The van der Waals surface area contributed by atoms with Gasteiger partial charge in [-0.15, -0.1) is 0 Å². The van der Waals surface area contributed by atoms with Crippen LogP contribution in [-0.4, -0.2) is 12.6 Å². The molecule has 0 saturated heterocycles. The minimum atomic E-state index is 0.251. The van der Waals surface area contributed by atoms with Crippen LogP contribution < -0.4 is 15.8 Å². The second-order valence-electron chi connectivity index (χ2n) is 5.58. The van der Waals surface area contributed by atoms with E-state index in [4.69, 9.17) is 0 Å². The van der Waals surface area contributed by atoms with Gasteiger partial charge in [-0.1, -0.05) is 50.3 Å². The first-order valence-corrected chi connectivity index (χ1v) is 6.45. The molecule has 0 amide bonds. The largest absolute Gasteiger partial charge is 0.314 e. The van der Waals surface area contributed by atoms with E-state index in [-0.39, 0.29) is 11.0 Å². The Morgan fingerprint density at radius 1 is 1.35 bits per heavy atom. The lowest BCUT2D eigenvalue weighted by molar-refractivity contribution is 0.499. The lowest BCUT2D eigenvalue weighted by Crippen LogP contribution is -2.35. The van der Waals surface area contributed by atoms with Crippen molar-refractivity contribution in [3.63, 3.8) is 0 Å². The van der Waals surface area contributed by atoms with Crippen LogP contribution in [-0.2, 0) is 0 Å². The molecule has 2 unspecified atom stereocenters. The molecule has 0 heterocycles. The standard InChI is InChI=1S/C16H23N/c1-6-14(13-10-8-7-9-12(13)2)15(3)11-16(15,4)17-5/h7-10,17H,2,6,11H2,1,3-5H3/b14-13+. The fraction of sp³-hybridized carbons (Fsp3) is 0.500. The van der Waals surface area contributed by atoms with Gasteiger partial charge in [0.2, 0.25) is 0 Å². The first kappa shape index (κ1) is 12.4. The van der Waals surface area contributed by atoms with Crippen LogP contribution in [0.2, 0.25) is 0 Å². The molecule has 1 aliphatic rings. The fourth-order valence-corrected chi connectivity index (χ4v) is 3.16. The molecule has 1 aromatic rings. The number of rotatable bonds is 3. The van der Waals surface area contributed by atoms with Crippen molar-refractivity contribution in [1.29, 1.82) is 0 Å². The molecule has 0 spiro atoms. The minimum Gasteiger partial charge on any atom is -0.314 e. The molecule has 1 fully saturated rings. The molecule has 2 rings (SSSR count). The molecule has 1 aliphatic carbocycles. The van der Waals surface area contributed by atoms with Gasteiger partial charge >= 0.3 is 0 Å². The Morgan fingerprint density at radius 2 is 2.00 bits per heavy atom. The third kappa shape index (κ3) is 1.73. The van der Waals surface area contributed by atoms with Gasteiger partial charge in [0.05, 0.1) is 0 Å². The van der Waals surface area contributed by atoms with Crippen molar-refractivity contribution >= 4 is 12.2 Å². The first-order valence-electron chi connectivity index (χ1n) is 6.45. The molecule has 17 heavy (non-hydrogen) atoms. The third-order valence-electron chi connectivity index (χ3n) is 4.71. The molecular weight excluding hydrogens is 206 g/mol. The average molecular weight is 229 g/mol. The summed E-state index contributed by atoms with van der Waals surface area (Å²) in [6.45, 7) is 11.1. The quantitative estimate of drug-likeness (QED) is 0.836. The lowest BCUT2D eigenvalue weighted by Gasteiger charge is -2.21. The zero-order chi connectivity index (χ0) is 12.7. The van der Waals surface area contributed by atoms with Crippen molar-refractivity contribution < 1.29 is 0 Å². The van der Waals surface area contributed by atoms with E-state index < -0.39 is 0 Å². The van der Waals surface area contributed by atoms with Gasteiger partial charge in [0, 0.05) is 11.0 Å². The SMILES string of the molecule is C=c1cccc/c1=C(/CC)C1(C)CC1(C)NC. The van der Waals surface area contributed by atoms with Gasteiger partial charge in [-0.25, -0.2) is 0 Å². The van der Waals surface area contributed by atoms with Crippen molar-refractivity contribution in [3.8, 4) is 0 Å². The summed E-state index contributed by atoms with van der Waals surface area (Å²) in [7, 11) is 2.06. The highest BCUT2D eigenvalue weighted by Crippen LogP contribution is 2.61. The average Bonchev–Trinajstić information content (AvgIpc) is 2.87. The highest BCUT2D eigenvalue weighted by molar-refractivity contribution is 5.60. The van der Waals surface area contributed by atoms with Gasteiger partial charge in [0.15, 0.2) is 0 Å². The van der Waals surface area contributed by atoms with Crippen LogP contribution in [0.1, 0.15) is 33.6 Å². The van der Waals surface area contributed by atoms with Gasteiger partial charge < -0.3 is 5.32 Å². The van der Waals surface area contributed by atoms with E-state index in [1.54, 1.807) is 5.57 Å². The van der Waals surface area contributed by atoms with Crippen LogP contribution in [0.15, 0.2) is 24.3 Å². The Bertz CT molecular complexity index is 531. The van der Waals surface area contributed by atoms with Crippen LogP contribution in [0.4, 0.5) is 0 Å². The molecular formula is C16H23N. The maximum absolute atomic E-state index is 4.16. The van der Waals surface area contributed by atoms with Gasteiger partial charge in [-0.3, -0.25) is 0 Å². The van der Waals surface area contributed by atoms with E-state index in [9.17, 15) is 0 Å². The van der Waals surface area contributed by atoms with Crippen molar-refractivity contribution in [2.45, 2.75) is 39.2 Å². The Kier molecular flexibility index (Phi) is 2.90. The van der Waals surface area contributed by atoms with E-state index in [0.717, 1.165) is 11.6 Å². The molecule has 92 valence electrons. The molecule has 1 aromatic carbocycles. The van der Waals surface area contributed by atoms with Crippen LogP contribution >= 0.6 is 0 Å². The summed E-state index contributed by atoms with van der Waals surface area (Å²) in [4.78, 5) is 0. The maximum atomic E-state index is 4.16. The van der Waals surface area contributed by atoms with Crippen molar-refractivity contribution in [2.24, 2.45) is 5.41 Å². The number of nitrogens with one attached hydrogen (secondary N) is 1. The van der Waals surface area contributed by atoms with Crippen molar-refractivity contribution in [2.75, 3.05) is 7.05 Å². The molecule has 0 radical (unpaired) electrons. The molecule has 0 bridgehead atoms. The van der Waals surface area contributed by atoms with E-state index in [1.807, 2.05) is 0 Å². The van der Waals surface area contributed by atoms with E-state index in [0.29, 0.717) is 0 Å². The molecule has 1 nitrogen and oxygen atoms in total. The molecule has 1 saturated carbocycles. The van der Waals surface area contributed by atoms with E-state index >= 15 is 0 Å². The van der Waals surface area contributed by atoms with E-state index in [1.165, 1.54) is 11.6 Å². The predicted molar refractivity (Wildman–Crippen MR) is 75.1 cm³/mol. The van der Waals surface area contributed by atoms with Gasteiger partial charge in [0.1, 0.15) is 0 Å². The summed E-state index contributed by atoms with van der Waals surface area (Å²) < 4.78 is 0. The molecule has 1 N–H and O–H groups in total. The summed E-state index contributed by atoms with van der Waals surface area (Å²) in [5.41, 5.74) is 2.07. The predicted octanol–water partition coefficient (Wildman–Crippen LogP) is 2.05. The summed E-state index contributed by atoms with van der Waals surface area (Å²) in [6, 6.07) is 8.49. The van der Waals surface area contributed by atoms with Crippen molar-refractivity contribution in [3.05, 3.63) is 34.7 Å².